The highest BCUT2D eigenvalue weighted by atomic mass is 79.9. The second kappa shape index (κ2) is 4.10. The van der Waals surface area contributed by atoms with Crippen LogP contribution in [-0.4, -0.2) is 27.2 Å². The van der Waals surface area contributed by atoms with Crippen LogP contribution in [0.4, 0.5) is 5.82 Å². The van der Waals surface area contributed by atoms with Gasteiger partial charge in [0, 0.05) is 0 Å². The van der Waals surface area contributed by atoms with E-state index in [9.17, 15) is 4.79 Å². The van der Waals surface area contributed by atoms with Gasteiger partial charge in [0.25, 0.3) is 5.56 Å². The Kier molecular flexibility index (Phi) is 3.28. The number of aromatic amines is 1. The van der Waals surface area contributed by atoms with Crippen LogP contribution in [0.5, 0.6) is 0 Å². The second-order valence-corrected chi connectivity index (χ2v) is 4.35. The molecule has 0 amide bonds. The maximum atomic E-state index is 11.2. The largest absolute Gasteiger partial charge is 0.394 e. The van der Waals surface area contributed by atoms with Crippen molar-refractivity contribution in [2.75, 3.05) is 11.9 Å². The van der Waals surface area contributed by atoms with Crippen molar-refractivity contribution >= 4 is 21.7 Å². The van der Waals surface area contributed by atoms with E-state index in [4.69, 9.17) is 5.11 Å². The molecule has 0 radical (unpaired) electrons. The number of hydrogen-bond acceptors (Lipinski definition) is 4. The summed E-state index contributed by atoms with van der Waals surface area (Å²) in [5, 5.41) is 12.0. The van der Waals surface area contributed by atoms with Crippen molar-refractivity contribution < 1.29 is 5.11 Å². The number of rotatable bonds is 3. The average Bonchev–Trinajstić information content (AvgIpc) is 2.13. The van der Waals surface area contributed by atoms with E-state index >= 15 is 0 Å². The van der Waals surface area contributed by atoms with Crippen LogP contribution in [0, 0.1) is 0 Å². The normalized spacial score (nSPS) is 11.4. The van der Waals surface area contributed by atoms with Gasteiger partial charge in [-0.25, -0.2) is 4.98 Å². The molecule has 0 saturated carbocycles. The van der Waals surface area contributed by atoms with Crippen LogP contribution in [0.25, 0.3) is 0 Å². The first-order valence-electron chi connectivity index (χ1n) is 4.08. The predicted octanol–water partition coefficient (Wildman–Crippen LogP) is 0.715. The van der Waals surface area contributed by atoms with E-state index in [-0.39, 0.29) is 12.2 Å². The maximum Gasteiger partial charge on any atom is 0.267 e. The van der Waals surface area contributed by atoms with Crippen LogP contribution in [0.1, 0.15) is 13.8 Å². The minimum Gasteiger partial charge on any atom is -0.394 e. The zero-order valence-corrected chi connectivity index (χ0v) is 9.55. The van der Waals surface area contributed by atoms with Crippen LogP contribution in [0.3, 0.4) is 0 Å². The first-order chi connectivity index (χ1) is 6.46. The Labute approximate surface area is 89.7 Å². The third-order valence-corrected chi connectivity index (χ3v) is 2.38. The Hall–Kier alpha value is -0.880. The molecule has 0 bridgehead atoms. The molecule has 1 aromatic rings. The fraction of sp³-hybridized carbons (Fsp3) is 0.500. The van der Waals surface area contributed by atoms with E-state index in [1.54, 1.807) is 0 Å². The molecule has 1 aromatic heterocycles. The monoisotopic (exact) mass is 261 g/mol. The van der Waals surface area contributed by atoms with Crippen molar-refractivity contribution in [1.82, 2.24) is 9.97 Å². The molecule has 0 fully saturated rings. The molecule has 0 aliphatic carbocycles. The summed E-state index contributed by atoms with van der Waals surface area (Å²) >= 11 is 3.11. The second-order valence-electron chi connectivity index (χ2n) is 3.56. The fourth-order valence-electron chi connectivity index (χ4n) is 0.830. The first kappa shape index (κ1) is 11.2. The molecule has 0 unspecified atom stereocenters. The smallest absolute Gasteiger partial charge is 0.267 e. The van der Waals surface area contributed by atoms with Gasteiger partial charge in [-0.1, -0.05) is 0 Å². The third kappa shape index (κ3) is 2.55. The molecule has 78 valence electrons. The summed E-state index contributed by atoms with van der Waals surface area (Å²) in [4.78, 5) is 17.5. The summed E-state index contributed by atoms with van der Waals surface area (Å²) in [6.45, 7) is 3.57. The Balaban J connectivity index is 2.98. The zero-order chi connectivity index (χ0) is 10.8. The van der Waals surface area contributed by atoms with Crippen molar-refractivity contribution in [3.8, 4) is 0 Å². The molecule has 1 heterocycles. The van der Waals surface area contributed by atoms with Gasteiger partial charge in [-0.15, -0.1) is 0 Å². The van der Waals surface area contributed by atoms with Gasteiger partial charge in [-0.05, 0) is 29.8 Å². The number of H-pyrrole nitrogens is 1. The van der Waals surface area contributed by atoms with Gasteiger partial charge in [0.15, 0.2) is 0 Å². The van der Waals surface area contributed by atoms with Gasteiger partial charge >= 0.3 is 0 Å². The average molecular weight is 262 g/mol. The lowest BCUT2D eigenvalue weighted by Crippen LogP contribution is -2.36. The molecule has 1 rings (SSSR count). The zero-order valence-electron chi connectivity index (χ0n) is 7.97. The summed E-state index contributed by atoms with van der Waals surface area (Å²) in [5.41, 5.74) is -0.764. The number of nitrogens with one attached hydrogen (secondary N) is 2. The lowest BCUT2D eigenvalue weighted by atomic mass is 10.1. The number of aliphatic hydroxyl groups is 1. The number of aromatic nitrogens is 2. The van der Waals surface area contributed by atoms with Crippen LogP contribution in [0.15, 0.2) is 15.6 Å². The van der Waals surface area contributed by atoms with Gasteiger partial charge in [0.05, 0.1) is 18.5 Å². The van der Waals surface area contributed by atoms with Gasteiger partial charge in [-0.2, -0.15) is 0 Å². The quantitative estimate of drug-likeness (QED) is 0.749. The third-order valence-electron chi connectivity index (χ3n) is 1.65. The predicted molar refractivity (Wildman–Crippen MR) is 57.3 cm³/mol. The summed E-state index contributed by atoms with van der Waals surface area (Å²) in [6.07, 6.45) is 1.31. The Morgan fingerprint density at radius 2 is 2.36 bits per heavy atom. The van der Waals surface area contributed by atoms with E-state index in [0.29, 0.717) is 10.3 Å². The van der Waals surface area contributed by atoms with E-state index in [2.05, 4.69) is 31.2 Å². The highest BCUT2D eigenvalue weighted by molar-refractivity contribution is 9.10. The Morgan fingerprint density at radius 1 is 1.71 bits per heavy atom. The topological polar surface area (TPSA) is 78.0 Å². The molecule has 5 nitrogen and oxygen atoms in total. The van der Waals surface area contributed by atoms with Crippen molar-refractivity contribution in [3.05, 3.63) is 21.2 Å². The minimum absolute atomic E-state index is 0.0477. The van der Waals surface area contributed by atoms with Gasteiger partial charge in [0.2, 0.25) is 0 Å². The summed E-state index contributed by atoms with van der Waals surface area (Å²) < 4.78 is 0.335. The molecular weight excluding hydrogens is 250 g/mol. The Morgan fingerprint density at radius 3 is 2.93 bits per heavy atom. The maximum absolute atomic E-state index is 11.2. The highest BCUT2D eigenvalue weighted by Gasteiger charge is 2.18. The van der Waals surface area contributed by atoms with E-state index in [1.807, 2.05) is 13.8 Å². The molecule has 3 N–H and O–H groups in total. The molecule has 6 heteroatoms. The van der Waals surface area contributed by atoms with Crippen molar-refractivity contribution in [3.63, 3.8) is 0 Å². The lowest BCUT2D eigenvalue weighted by Gasteiger charge is -2.24. The van der Waals surface area contributed by atoms with Gasteiger partial charge < -0.3 is 15.4 Å². The van der Waals surface area contributed by atoms with Crippen molar-refractivity contribution in [2.45, 2.75) is 19.4 Å². The summed E-state index contributed by atoms with van der Waals surface area (Å²) in [5.74, 6) is 0.424. The SMILES string of the molecule is CC(C)(CO)Nc1nc[nH]c(=O)c1Br. The molecule has 0 saturated heterocycles. The van der Waals surface area contributed by atoms with E-state index < -0.39 is 5.54 Å². The lowest BCUT2D eigenvalue weighted by molar-refractivity contribution is 0.234. The van der Waals surface area contributed by atoms with Crippen molar-refractivity contribution in [1.29, 1.82) is 0 Å². The minimum atomic E-state index is -0.511. The van der Waals surface area contributed by atoms with E-state index in [1.165, 1.54) is 6.33 Å². The van der Waals surface area contributed by atoms with Crippen LogP contribution in [-0.2, 0) is 0 Å². The highest BCUT2D eigenvalue weighted by Crippen LogP contribution is 2.17. The Bertz CT molecular complexity index is 375. The molecule has 0 aliphatic rings. The fourth-order valence-corrected chi connectivity index (χ4v) is 1.15. The van der Waals surface area contributed by atoms with Crippen molar-refractivity contribution in [2.24, 2.45) is 0 Å². The number of halogens is 1. The number of nitrogens with zero attached hydrogens (tertiary/aromatic N) is 1. The van der Waals surface area contributed by atoms with Crippen LogP contribution < -0.4 is 10.9 Å². The van der Waals surface area contributed by atoms with E-state index in [0.717, 1.165) is 0 Å². The van der Waals surface area contributed by atoms with Crippen LogP contribution in [0.2, 0.25) is 0 Å². The van der Waals surface area contributed by atoms with Gasteiger partial charge in [-0.3, -0.25) is 4.79 Å². The number of hydrogen-bond donors (Lipinski definition) is 3. The molecule has 14 heavy (non-hydrogen) atoms. The summed E-state index contributed by atoms with van der Waals surface area (Å²) in [6, 6.07) is 0. The molecule has 0 aromatic carbocycles. The molecule has 0 aliphatic heterocycles. The molecule has 0 atom stereocenters. The number of aliphatic hydroxyl groups excluding tert-OH is 1. The van der Waals surface area contributed by atoms with Gasteiger partial charge in [0.1, 0.15) is 10.3 Å². The molecule has 0 spiro atoms. The number of anilines is 1. The molecular formula is C8H12BrN3O2. The summed E-state index contributed by atoms with van der Waals surface area (Å²) in [7, 11) is 0. The van der Waals surface area contributed by atoms with Crippen LogP contribution >= 0.6 is 15.9 Å². The standard InChI is InChI=1S/C8H12BrN3O2/c1-8(2,3-13)12-6-5(9)7(14)11-4-10-6/h4,13H,3H2,1-2H3,(H2,10,11,12,14). The first-order valence-corrected chi connectivity index (χ1v) is 4.88.